The molecule has 3 aliphatic carbocycles. The molecule has 2 saturated carbocycles. The van der Waals surface area contributed by atoms with Gasteiger partial charge in [-0.25, -0.2) is 0 Å². The number of benzene rings is 2. The molecule has 236 valence electrons. The number of hydrogen-bond acceptors (Lipinski definition) is 5. The van der Waals surface area contributed by atoms with E-state index in [9.17, 15) is 19.2 Å². The normalized spacial score (nSPS) is 28.4. The van der Waals surface area contributed by atoms with Gasteiger partial charge in [0.2, 0.25) is 5.91 Å². The smallest absolute Gasteiger partial charge is 0.234 e. The van der Waals surface area contributed by atoms with Gasteiger partial charge in [-0.2, -0.15) is 0 Å². The molecule has 2 fully saturated rings. The second-order valence-electron chi connectivity index (χ2n) is 13.6. The van der Waals surface area contributed by atoms with Crippen LogP contribution in [0.3, 0.4) is 0 Å². The number of unbranched alkanes of at least 4 members (excludes halogenated alkanes) is 3. The summed E-state index contributed by atoms with van der Waals surface area (Å²) in [6.45, 7) is 5.76. The number of phenolic OH excluding ortho intramolecular Hbond substituents is 1. The van der Waals surface area contributed by atoms with E-state index in [-0.39, 0.29) is 23.2 Å². The summed E-state index contributed by atoms with van der Waals surface area (Å²) < 4.78 is 18.4. The van der Waals surface area contributed by atoms with Crippen LogP contribution in [0, 0.1) is 17.3 Å². The van der Waals surface area contributed by atoms with Crippen LogP contribution in [-0.2, 0) is 22.0 Å². The molecule has 0 heterocycles. The summed E-state index contributed by atoms with van der Waals surface area (Å²) in [6, 6.07) is 14.6. The number of carbonyl (C=O) groups excluding carboxylic acids is 1. The Hall–Kier alpha value is -2.38. The van der Waals surface area contributed by atoms with E-state index in [1.54, 1.807) is 11.9 Å². The molecule has 0 aliphatic heterocycles. The van der Waals surface area contributed by atoms with Crippen molar-refractivity contribution < 1.29 is 24.0 Å². The molecular weight excluding hydrogens is 558 g/mol. The monoisotopic (exact) mass is 609 g/mol. The summed E-state index contributed by atoms with van der Waals surface area (Å²) in [4.78, 5) is 13.9. The molecule has 0 saturated heterocycles. The minimum absolute atomic E-state index is 0.0253. The van der Waals surface area contributed by atoms with Crippen molar-refractivity contribution in [2.45, 2.75) is 96.0 Å². The highest BCUT2D eigenvalue weighted by atomic mass is 32.2. The molecule has 6 nitrogen and oxygen atoms in total. The Morgan fingerprint density at radius 3 is 2.63 bits per heavy atom. The van der Waals surface area contributed by atoms with Crippen molar-refractivity contribution in [3.8, 4) is 11.5 Å². The Kier molecular flexibility index (Phi) is 10.5. The van der Waals surface area contributed by atoms with Crippen molar-refractivity contribution in [2.75, 3.05) is 31.7 Å². The van der Waals surface area contributed by atoms with Gasteiger partial charge in [0.05, 0.1) is 12.7 Å². The minimum Gasteiger partial charge on any atom is -0.508 e. The number of aliphatic hydroxyl groups is 1. The molecular formula is C36H51NO5S. The number of aryl methyl sites for hydroxylation is 1. The van der Waals surface area contributed by atoms with E-state index in [4.69, 9.17) is 4.74 Å². The number of phenols is 1. The molecule has 3 aliphatic rings. The Balaban J connectivity index is 1.15. The summed E-state index contributed by atoms with van der Waals surface area (Å²) in [6.07, 6.45) is 9.51. The third-order valence-corrected chi connectivity index (χ3v) is 12.1. The lowest BCUT2D eigenvalue weighted by Gasteiger charge is -2.54. The second-order valence-corrected chi connectivity index (χ2v) is 15.1. The zero-order chi connectivity index (χ0) is 30.6. The zero-order valence-electron chi connectivity index (χ0n) is 26.3. The van der Waals surface area contributed by atoms with E-state index in [1.165, 1.54) is 16.7 Å². The molecule has 0 spiro atoms. The number of carbonyl (C=O) groups is 1. The number of ether oxygens (including phenoxy) is 1. The first-order valence-corrected chi connectivity index (χ1v) is 18.0. The fraction of sp³-hybridized carbons (Fsp3) is 0.639. The number of hydrogen-bond donors (Lipinski definition) is 2. The summed E-state index contributed by atoms with van der Waals surface area (Å²) in [5.41, 5.74) is 3.91. The second kappa shape index (κ2) is 14.2. The Morgan fingerprint density at radius 2 is 1.86 bits per heavy atom. The number of aromatic hydroxyl groups is 1. The van der Waals surface area contributed by atoms with Crippen molar-refractivity contribution >= 4 is 16.7 Å². The number of fused-ring (bicyclic) bond motifs is 5. The van der Waals surface area contributed by atoms with Gasteiger partial charge < -0.3 is 19.8 Å². The number of amides is 1. The van der Waals surface area contributed by atoms with E-state index in [2.05, 4.69) is 44.2 Å². The van der Waals surface area contributed by atoms with Crippen LogP contribution in [0.4, 0.5) is 0 Å². The molecule has 1 amide bonds. The molecule has 1 unspecified atom stereocenters. The molecule has 7 heteroatoms. The molecule has 0 bridgehead atoms. The number of rotatable bonds is 13. The van der Waals surface area contributed by atoms with E-state index in [1.807, 2.05) is 12.1 Å². The Bertz CT molecular complexity index is 1260. The molecule has 5 rings (SSSR count). The molecule has 7 atom stereocenters. The third-order valence-electron chi connectivity index (χ3n) is 10.8. The standard InChI is InChI=1S/C36H51NO5S/c1-4-5-19-37(3)34(40)24-43(41)21-8-6-7-20-42-28-13-9-25(10-14-28)31-23-36(2)32(17-18-33(36)39)30-15-11-26-22-27(38)12-16-29(26)35(30)31/h9-10,12-14,16,22,30-33,35,38-39H,4-8,11,15,17-21,23-24H2,1-3H3/t30-,31+,32-,33-,35+,36-,43?/m0/s1. The zero-order valence-corrected chi connectivity index (χ0v) is 27.1. The van der Waals surface area contributed by atoms with Gasteiger partial charge in [-0.05, 0) is 128 Å². The average Bonchev–Trinajstić information content (AvgIpc) is 3.30. The van der Waals surface area contributed by atoms with Crippen LogP contribution >= 0.6 is 0 Å². The van der Waals surface area contributed by atoms with Gasteiger partial charge in [0.25, 0.3) is 0 Å². The van der Waals surface area contributed by atoms with Gasteiger partial charge >= 0.3 is 0 Å². The van der Waals surface area contributed by atoms with Crippen LogP contribution < -0.4 is 4.74 Å². The van der Waals surface area contributed by atoms with Crippen LogP contribution in [0.2, 0.25) is 0 Å². The lowest BCUT2D eigenvalue weighted by atomic mass is 9.51. The SMILES string of the molecule is CCCCN(C)C(=O)CS(=O)CCCCCOc1ccc([C@H]2C[C@]3(C)[C@@H](O)CC[C@H]3[C@@H]3CCc4cc(O)ccc4[C@H]32)cc1. The Labute approximate surface area is 260 Å². The van der Waals surface area contributed by atoms with Crippen LogP contribution in [-0.4, -0.2) is 63.0 Å². The van der Waals surface area contributed by atoms with E-state index in [0.717, 1.165) is 76.5 Å². The lowest BCUT2D eigenvalue weighted by Crippen LogP contribution is -2.47. The maximum atomic E-state index is 12.3. The highest BCUT2D eigenvalue weighted by molar-refractivity contribution is 7.85. The first-order valence-electron chi connectivity index (χ1n) is 16.5. The largest absolute Gasteiger partial charge is 0.508 e. The van der Waals surface area contributed by atoms with Gasteiger partial charge in [0.1, 0.15) is 17.3 Å². The fourth-order valence-electron chi connectivity index (χ4n) is 8.38. The number of nitrogens with zero attached hydrogens (tertiary/aromatic N) is 1. The highest BCUT2D eigenvalue weighted by Gasteiger charge is 2.57. The summed E-state index contributed by atoms with van der Waals surface area (Å²) in [5.74, 6) is 3.67. The number of aliphatic hydroxyl groups excluding tert-OH is 1. The van der Waals surface area contributed by atoms with Gasteiger partial charge in [-0.1, -0.05) is 38.5 Å². The van der Waals surface area contributed by atoms with E-state index >= 15 is 0 Å². The predicted octanol–water partition coefficient (Wildman–Crippen LogP) is 6.56. The maximum absolute atomic E-state index is 12.3. The van der Waals surface area contributed by atoms with Crippen molar-refractivity contribution in [3.63, 3.8) is 0 Å². The molecule has 0 aromatic heterocycles. The molecule has 2 aromatic rings. The molecule has 2 N–H and O–H groups in total. The summed E-state index contributed by atoms with van der Waals surface area (Å²) in [5, 5.41) is 21.3. The Morgan fingerprint density at radius 1 is 1.07 bits per heavy atom. The van der Waals surface area contributed by atoms with Crippen LogP contribution in [0.25, 0.3) is 0 Å². The lowest BCUT2D eigenvalue weighted by molar-refractivity contribution is -0.127. The van der Waals surface area contributed by atoms with Crippen molar-refractivity contribution in [3.05, 3.63) is 59.2 Å². The maximum Gasteiger partial charge on any atom is 0.234 e. The molecule has 0 radical (unpaired) electrons. The van der Waals surface area contributed by atoms with E-state index in [0.29, 0.717) is 41.8 Å². The van der Waals surface area contributed by atoms with Gasteiger partial charge in [-0.15, -0.1) is 0 Å². The third kappa shape index (κ3) is 7.14. The van der Waals surface area contributed by atoms with Crippen LogP contribution in [0.15, 0.2) is 42.5 Å². The first kappa shape index (κ1) is 32.0. The molecule has 2 aromatic carbocycles. The van der Waals surface area contributed by atoms with Crippen molar-refractivity contribution in [1.82, 2.24) is 4.90 Å². The van der Waals surface area contributed by atoms with Crippen LogP contribution in [0.5, 0.6) is 11.5 Å². The van der Waals surface area contributed by atoms with Crippen molar-refractivity contribution in [1.29, 1.82) is 0 Å². The van der Waals surface area contributed by atoms with Crippen molar-refractivity contribution in [2.24, 2.45) is 17.3 Å². The van der Waals surface area contributed by atoms with Gasteiger partial charge in [0, 0.05) is 30.1 Å². The molecule has 43 heavy (non-hydrogen) atoms. The fourth-order valence-corrected chi connectivity index (χ4v) is 9.54. The minimum atomic E-state index is -1.11. The summed E-state index contributed by atoms with van der Waals surface area (Å²) >= 11 is 0. The van der Waals surface area contributed by atoms with Gasteiger partial charge in [0.15, 0.2) is 0 Å². The van der Waals surface area contributed by atoms with Gasteiger partial charge in [-0.3, -0.25) is 9.00 Å². The average molecular weight is 610 g/mol. The van der Waals surface area contributed by atoms with E-state index < -0.39 is 10.8 Å². The highest BCUT2D eigenvalue weighted by Crippen LogP contribution is 2.65. The predicted molar refractivity (Wildman–Crippen MR) is 173 cm³/mol. The quantitative estimate of drug-likeness (QED) is 0.251. The topological polar surface area (TPSA) is 87.1 Å². The summed E-state index contributed by atoms with van der Waals surface area (Å²) in [7, 11) is 0.685. The first-order chi connectivity index (χ1) is 20.7. The van der Waals surface area contributed by atoms with Crippen LogP contribution in [0.1, 0.15) is 100 Å².